The number of aryl methyl sites for hydroxylation is 1. The Morgan fingerprint density at radius 1 is 1.22 bits per heavy atom. The van der Waals surface area contributed by atoms with Gasteiger partial charge in [0.1, 0.15) is 5.69 Å². The van der Waals surface area contributed by atoms with Gasteiger partial charge < -0.3 is 19.9 Å². The summed E-state index contributed by atoms with van der Waals surface area (Å²) in [5, 5.41) is 3.01. The van der Waals surface area contributed by atoms with Gasteiger partial charge in [-0.25, -0.2) is 4.79 Å². The Balaban J connectivity index is 1.63. The number of aromatic amines is 1. The Labute approximate surface area is 193 Å². The third kappa shape index (κ3) is 5.35. The maximum absolute atomic E-state index is 13.2. The number of thioether (sulfide) groups is 1. The van der Waals surface area contributed by atoms with Crippen molar-refractivity contribution in [2.75, 3.05) is 26.0 Å². The fourth-order valence-corrected chi connectivity index (χ4v) is 4.49. The second-order valence-corrected chi connectivity index (χ2v) is 8.88. The van der Waals surface area contributed by atoms with Crippen molar-refractivity contribution in [2.45, 2.75) is 45.1 Å². The van der Waals surface area contributed by atoms with E-state index in [9.17, 15) is 14.4 Å². The van der Waals surface area contributed by atoms with E-state index in [-0.39, 0.29) is 24.3 Å². The highest BCUT2D eigenvalue weighted by Crippen LogP contribution is 2.24. The lowest BCUT2D eigenvalue weighted by Crippen LogP contribution is -2.45. The van der Waals surface area contributed by atoms with Crippen LogP contribution in [-0.2, 0) is 16.1 Å². The van der Waals surface area contributed by atoms with E-state index in [2.05, 4.69) is 10.3 Å². The van der Waals surface area contributed by atoms with Gasteiger partial charge in [-0.2, -0.15) is 0 Å². The first-order valence-corrected chi connectivity index (χ1v) is 12.1. The van der Waals surface area contributed by atoms with Crippen molar-refractivity contribution in [2.24, 2.45) is 5.92 Å². The zero-order valence-corrected chi connectivity index (χ0v) is 19.9. The summed E-state index contributed by atoms with van der Waals surface area (Å²) in [7, 11) is 0. The SMILES string of the molecule is CCOC(=O)c1c(C)[nH]c(C(=O)N2CCC[C@@H](C(=O)NCc3ccc(SC)cc3)C2)c1C. The number of H-pyrrole nitrogens is 1. The molecule has 2 amide bonds. The Bertz CT molecular complexity index is 984. The van der Waals surface area contributed by atoms with Crippen LogP contribution in [0.3, 0.4) is 0 Å². The van der Waals surface area contributed by atoms with E-state index < -0.39 is 5.97 Å². The lowest BCUT2D eigenvalue weighted by atomic mass is 9.96. The fraction of sp³-hybridized carbons (Fsp3) is 0.458. The van der Waals surface area contributed by atoms with Gasteiger partial charge in [-0.05, 0) is 63.1 Å². The number of nitrogens with one attached hydrogen (secondary N) is 2. The zero-order valence-electron chi connectivity index (χ0n) is 19.1. The Morgan fingerprint density at radius 3 is 2.59 bits per heavy atom. The van der Waals surface area contributed by atoms with Crippen LogP contribution in [0.2, 0.25) is 0 Å². The number of carbonyl (C=O) groups is 3. The summed E-state index contributed by atoms with van der Waals surface area (Å²) < 4.78 is 5.11. The number of piperidine rings is 1. The van der Waals surface area contributed by atoms with Crippen LogP contribution >= 0.6 is 11.8 Å². The normalized spacial score (nSPS) is 16.0. The summed E-state index contributed by atoms with van der Waals surface area (Å²) in [6, 6.07) is 8.11. The Hall–Kier alpha value is -2.74. The predicted octanol–water partition coefficient (Wildman–Crippen LogP) is 3.70. The van der Waals surface area contributed by atoms with E-state index in [0.717, 1.165) is 18.4 Å². The number of hydrogen-bond donors (Lipinski definition) is 2. The van der Waals surface area contributed by atoms with Gasteiger partial charge in [0.2, 0.25) is 5.91 Å². The Kier molecular flexibility index (Phi) is 8.01. The summed E-state index contributed by atoms with van der Waals surface area (Å²) >= 11 is 1.68. The molecule has 8 heteroatoms. The van der Waals surface area contributed by atoms with Gasteiger partial charge in [-0.3, -0.25) is 9.59 Å². The lowest BCUT2D eigenvalue weighted by molar-refractivity contribution is -0.126. The molecule has 2 N–H and O–H groups in total. The number of ether oxygens (including phenoxy) is 1. The molecule has 2 heterocycles. The number of hydrogen-bond acceptors (Lipinski definition) is 5. The second-order valence-electron chi connectivity index (χ2n) is 8.00. The molecular formula is C24H31N3O4S. The first-order valence-electron chi connectivity index (χ1n) is 10.9. The van der Waals surface area contributed by atoms with Crippen molar-refractivity contribution >= 4 is 29.5 Å². The highest BCUT2D eigenvalue weighted by atomic mass is 32.2. The highest BCUT2D eigenvalue weighted by Gasteiger charge is 2.31. The standard InChI is InChI=1S/C24H31N3O4S/c1-5-31-24(30)20-15(2)21(26-16(20)3)23(29)27-12-6-7-18(14-27)22(28)25-13-17-8-10-19(32-4)11-9-17/h8-11,18,26H,5-7,12-14H2,1-4H3,(H,25,28)/t18-/m1/s1. The van der Waals surface area contributed by atoms with Crippen molar-refractivity contribution < 1.29 is 19.1 Å². The van der Waals surface area contributed by atoms with Crippen LogP contribution in [0.5, 0.6) is 0 Å². The molecule has 0 bridgehead atoms. The molecule has 172 valence electrons. The van der Waals surface area contributed by atoms with Gasteiger partial charge in [-0.1, -0.05) is 12.1 Å². The molecule has 0 aliphatic carbocycles. The number of benzene rings is 1. The van der Waals surface area contributed by atoms with Gasteiger partial charge >= 0.3 is 5.97 Å². The minimum atomic E-state index is -0.431. The number of nitrogens with zero attached hydrogens (tertiary/aromatic N) is 1. The second kappa shape index (κ2) is 10.7. The van der Waals surface area contributed by atoms with Crippen molar-refractivity contribution in [3.8, 4) is 0 Å². The molecule has 1 fully saturated rings. The van der Waals surface area contributed by atoms with Gasteiger partial charge in [0.05, 0.1) is 18.1 Å². The molecule has 1 saturated heterocycles. The number of rotatable bonds is 7. The minimum absolute atomic E-state index is 0.0388. The average Bonchev–Trinajstić information content (AvgIpc) is 3.11. The zero-order chi connectivity index (χ0) is 23.3. The van der Waals surface area contributed by atoms with Crippen LogP contribution in [0.4, 0.5) is 0 Å². The quantitative estimate of drug-likeness (QED) is 0.489. The van der Waals surface area contributed by atoms with Gasteiger partial charge in [0.15, 0.2) is 0 Å². The summed E-state index contributed by atoms with van der Waals surface area (Å²) in [6.45, 7) is 6.95. The lowest BCUT2D eigenvalue weighted by Gasteiger charge is -2.32. The third-order valence-electron chi connectivity index (χ3n) is 5.84. The molecule has 32 heavy (non-hydrogen) atoms. The van der Waals surface area contributed by atoms with E-state index in [4.69, 9.17) is 4.74 Å². The number of esters is 1. The molecule has 0 unspecified atom stereocenters. The summed E-state index contributed by atoms with van der Waals surface area (Å²) in [6.07, 6.45) is 3.54. The molecule has 1 aromatic heterocycles. The summed E-state index contributed by atoms with van der Waals surface area (Å²) in [4.78, 5) is 44.1. The van der Waals surface area contributed by atoms with E-state index in [1.807, 2.05) is 30.5 Å². The molecule has 1 aliphatic rings. The molecule has 0 radical (unpaired) electrons. The minimum Gasteiger partial charge on any atom is -0.462 e. The molecular weight excluding hydrogens is 426 g/mol. The molecule has 2 aromatic rings. The first kappa shape index (κ1) is 23.9. The van der Waals surface area contributed by atoms with Crippen LogP contribution in [-0.4, -0.2) is 53.6 Å². The van der Waals surface area contributed by atoms with Crippen LogP contribution in [0, 0.1) is 19.8 Å². The average molecular weight is 458 g/mol. The van der Waals surface area contributed by atoms with Crippen molar-refractivity contribution in [3.63, 3.8) is 0 Å². The maximum Gasteiger partial charge on any atom is 0.340 e. The molecule has 0 spiro atoms. The van der Waals surface area contributed by atoms with E-state index >= 15 is 0 Å². The Morgan fingerprint density at radius 2 is 1.94 bits per heavy atom. The fourth-order valence-electron chi connectivity index (χ4n) is 4.08. The monoisotopic (exact) mass is 457 g/mol. The van der Waals surface area contributed by atoms with E-state index in [1.165, 1.54) is 4.90 Å². The van der Waals surface area contributed by atoms with E-state index in [0.29, 0.717) is 42.1 Å². The topological polar surface area (TPSA) is 91.5 Å². The van der Waals surface area contributed by atoms with Crippen LogP contribution in [0.15, 0.2) is 29.2 Å². The molecule has 1 aliphatic heterocycles. The predicted molar refractivity (Wildman–Crippen MR) is 125 cm³/mol. The van der Waals surface area contributed by atoms with Gasteiger partial charge in [0.25, 0.3) is 5.91 Å². The van der Waals surface area contributed by atoms with Crippen LogP contribution in [0.1, 0.15) is 57.4 Å². The van der Waals surface area contributed by atoms with Crippen LogP contribution in [0.25, 0.3) is 0 Å². The first-order chi connectivity index (χ1) is 15.3. The molecule has 3 rings (SSSR count). The van der Waals surface area contributed by atoms with Gasteiger partial charge in [-0.15, -0.1) is 11.8 Å². The number of amides is 2. The van der Waals surface area contributed by atoms with Gasteiger partial charge in [0, 0.05) is 30.2 Å². The molecule has 7 nitrogen and oxygen atoms in total. The summed E-state index contributed by atoms with van der Waals surface area (Å²) in [5.41, 5.74) is 3.05. The molecule has 0 saturated carbocycles. The highest BCUT2D eigenvalue weighted by molar-refractivity contribution is 7.98. The molecule has 1 aromatic carbocycles. The number of likely N-dealkylation sites (tertiary alicyclic amines) is 1. The largest absolute Gasteiger partial charge is 0.462 e. The van der Waals surface area contributed by atoms with Crippen molar-refractivity contribution in [1.82, 2.24) is 15.2 Å². The van der Waals surface area contributed by atoms with E-state index in [1.54, 1.807) is 37.4 Å². The van der Waals surface area contributed by atoms with Crippen molar-refractivity contribution in [1.29, 1.82) is 0 Å². The molecule has 1 atom stereocenters. The maximum atomic E-state index is 13.2. The third-order valence-corrected chi connectivity index (χ3v) is 6.58. The smallest absolute Gasteiger partial charge is 0.340 e. The number of carbonyl (C=O) groups excluding carboxylic acids is 3. The van der Waals surface area contributed by atoms with Crippen LogP contribution < -0.4 is 5.32 Å². The summed E-state index contributed by atoms with van der Waals surface area (Å²) in [5.74, 6) is -0.910. The number of aromatic nitrogens is 1. The van der Waals surface area contributed by atoms with Crippen molar-refractivity contribution in [3.05, 3.63) is 52.3 Å².